The van der Waals surface area contributed by atoms with Gasteiger partial charge in [-0.25, -0.2) is 0 Å². The second-order valence-electron chi connectivity index (χ2n) is 6.15. The van der Waals surface area contributed by atoms with Gasteiger partial charge in [-0.15, -0.1) is 0 Å². The van der Waals surface area contributed by atoms with Crippen LogP contribution in [0.2, 0.25) is 0 Å². The monoisotopic (exact) mass is 352 g/mol. The van der Waals surface area contributed by atoms with E-state index in [0.717, 1.165) is 12.5 Å². The van der Waals surface area contributed by atoms with Crippen molar-refractivity contribution in [3.8, 4) is 0 Å². The number of nitrogens with one attached hydrogen (secondary N) is 1. The topological polar surface area (TPSA) is 15.3 Å². The lowest BCUT2D eigenvalue weighted by Gasteiger charge is -2.32. The van der Waals surface area contributed by atoms with Gasteiger partial charge in [0.1, 0.15) is 0 Å². The molecule has 0 spiro atoms. The molecule has 2 rings (SSSR count). The van der Waals surface area contributed by atoms with Crippen LogP contribution in [-0.4, -0.2) is 31.1 Å². The van der Waals surface area contributed by atoms with Gasteiger partial charge >= 0.3 is 0 Å². The molecular weight excluding hydrogens is 324 g/mol. The van der Waals surface area contributed by atoms with Crippen LogP contribution in [0.3, 0.4) is 0 Å². The van der Waals surface area contributed by atoms with Gasteiger partial charge in [0.2, 0.25) is 0 Å². The molecule has 0 radical (unpaired) electrons. The number of piperidine rings is 1. The maximum absolute atomic E-state index is 3.64. The van der Waals surface area contributed by atoms with Crippen molar-refractivity contribution >= 4 is 15.9 Å². The third-order valence-corrected chi connectivity index (χ3v) is 5.21. The molecule has 0 saturated carbocycles. The normalized spacial score (nSPS) is 18.8. The molecule has 0 amide bonds. The van der Waals surface area contributed by atoms with Crippen molar-refractivity contribution in [2.24, 2.45) is 5.92 Å². The van der Waals surface area contributed by atoms with Gasteiger partial charge in [0.15, 0.2) is 0 Å². The lowest BCUT2D eigenvalue weighted by molar-refractivity contribution is 0.174. The van der Waals surface area contributed by atoms with Crippen molar-refractivity contribution in [1.29, 1.82) is 0 Å². The van der Waals surface area contributed by atoms with E-state index in [2.05, 4.69) is 64.3 Å². The van der Waals surface area contributed by atoms with Gasteiger partial charge in [-0.2, -0.15) is 0 Å². The van der Waals surface area contributed by atoms with Crippen molar-refractivity contribution < 1.29 is 0 Å². The van der Waals surface area contributed by atoms with E-state index in [4.69, 9.17) is 0 Å². The number of rotatable bonds is 7. The highest BCUT2D eigenvalue weighted by molar-refractivity contribution is 9.10. The Hall–Kier alpha value is -0.380. The Morgan fingerprint density at radius 3 is 2.67 bits per heavy atom. The Morgan fingerprint density at radius 2 is 2.05 bits per heavy atom. The van der Waals surface area contributed by atoms with Crippen LogP contribution in [0.4, 0.5) is 0 Å². The summed E-state index contributed by atoms with van der Waals surface area (Å²) in [6.07, 6.45) is 5.32. The minimum atomic E-state index is 0.469. The Labute approximate surface area is 138 Å². The molecule has 118 valence electrons. The van der Waals surface area contributed by atoms with E-state index in [1.54, 1.807) is 0 Å². The highest BCUT2D eigenvalue weighted by Gasteiger charge is 2.19. The fourth-order valence-corrected chi connectivity index (χ4v) is 3.70. The molecule has 1 fully saturated rings. The maximum atomic E-state index is 3.64. The van der Waals surface area contributed by atoms with Crippen LogP contribution in [-0.2, 0) is 0 Å². The fourth-order valence-electron chi connectivity index (χ4n) is 3.29. The molecule has 1 unspecified atom stereocenters. The van der Waals surface area contributed by atoms with Gasteiger partial charge in [0, 0.05) is 10.5 Å². The standard InChI is InChI=1S/C18H29BrN2/c1-3-15-8-11-21(12-9-15)13-10-18(20-4-2)16-6-5-7-17(19)14-16/h5-7,14-15,18,20H,3-4,8-13H2,1-2H3. The molecule has 0 aromatic heterocycles. The summed E-state index contributed by atoms with van der Waals surface area (Å²) in [5.74, 6) is 0.968. The van der Waals surface area contributed by atoms with E-state index in [1.165, 1.54) is 55.4 Å². The van der Waals surface area contributed by atoms with E-state index in [9.17, 15) is 0 Å². The van der Waals surface area contributed by atoms with Crippen LogP contribution in [0.15, 0.2) is 28.7 Å². The molecule has 2 nitrogen and oxygen atoms in total. The van der Waals surface area contributed by atoms with Crippen molar-refractivity contribution in [2.75, 3.05) is 26.2 Å². The zero-order valence-corrected chi connectivity index (χ0v) is 15.0. The van der Waals surface area contributed by atoms with E-state index in [-0.39, 0.29) is 0 Å². The van der Waals surface area contributed by atoms with Crippen LogP contribution < -0.4 is 5.32 Å². The molecule has 1 aromatic rings. The predicted octanol–water partition coefficient (Wildman–Crippen LogP) is 4.61. The summed E-state index contributed by atoms with van der Waals surface area (Å²) in [6, 6.07) is 9.19. The van der Waals surface area contributed by atoms with Gasteiger partial charge in [-0.05, 0) is 69.1 Å². The summed E-state index contributed by atoms with van der Waals surface area (Å²) in [4.78, 5) is 2.65. The van der Waals surface area contributed by atoms with E-state index >= 15 is 0 Å². The Morgan fingerprint density at radius 1 is 1.29 bits per heavy atom. The van der Waals surface area contributed by atoms with Crippen LogP contribution in [0.5, 0.6) is 0 Å². The van der Waals surface area contributed by atoms with Gasteiger partial charge in [0.25, 0.3) is 0 Å². The first-order valence-corrected chi connectivity index (χ1v) is 9.23. The molecule has 1 aliphatic rings. The third kappa shape index (κ3) is 5.39. The number of hydrogen-bond acceptors (Lipinski definition) is 2. The lowest BCUT2D eigenvalue weighted by Crippen LogP contribution is -2.36. The summed E-state index contributed by atoms with van der Waals surface area (Å²) < 4.78 is 1.17. The van der Waals surface area contributed by atoms with Gasteiger partial charge < -0.3 is 10.2 Å². The Balaban J connectivity index is 1.86. The summed E-state index contributed by atoms with van der Waals surface area (Å²) >= 11 is 3.59. The molecule has 21 heavy (non-hydrogen) atoms. The quantitative estimate of drug-likeness (QED) is 0.770. The molecule has 3 heteroatoms. The van der Waals surface area contributed by atoms with E-state index in [0.29, 0.717) is 6.04 Å². The average Bonchev–Trinajstić information content (AvgIpc) is 2.52. The molecule has 1 aromatic carbocycles. The first-order chi connectivity index (χ1) is 10.2. The average molecular weight is 353 g/mol. The Kier molecular flexibility index (Phi) is 7.21. The highest BCUT2D eigenvalue weighted by atomic mass is 79.9. The van der Waals surface area contributed by atoms with E-state index in [1.807, 2.05) is 0 Å². The molecule has 1 N–H and O–H groups in total. The van der Waals surface area contributed by atoms with Crippen molar-refractivity contribution in [3.63, 3.8) is 0 Å². The summed E-state index contributed by atoms with van der Waals surface area (Å²) in [7, 11) is 0. The van der Waals surface area contributed by atoms with Crippen molar-refractivity contribution in [2.45, 2.75) is 45.6 Å². The van der Waals surface area contributed by atoms with Gasteiger partial charge in [0.05, 0.1) is 0 Å². The summed E-state index contributed by atoms with van der Waals surface area (Å²) in [5.41, 5.74) is 1.40. The summed E-state index contributed by atoms with van der Waals surface area (Å²) in [6.45, 7) is 9.33. The van der Waals surface area contributed by atoms with E-state index < -0.39 is 0 Å². The lowest BCUT2D eigenvalue weighted by atomic mass is 9.94. The minimum absolute atomic E-state index is 0.469. The largest absolute Gasteiger partial charge is 0.310 e. The number of hydrogen-bond donors (Lipinski definition) is 1. The molecular formula is C18H29BrN2. The molecule has 1 aliphatic heterocycles. The van der Waals surface area contributed by atoms with Gasteiger partial charge in [-0.3, -0.25) is 0 Å². The zero-order valence-electron chi connectivity index (χ0n) is 13.4. The fraction of sp³-hybridized carbons (Fsp3) is 0.667. The maximum Gasteiger partial charge on any atom is 0.0332 e. The number of nitrogens with zero attached hydrogens (tertiary/aromatic N) is 1. The van der Waals surface area contributed by atoms with Crippen molar-refractivity contribution in [3.05, 3.63) is 34.3 Å². The van der Waals surface area contributed by atoms with Crippen LogP contribution in [0.1, 0.15) is 51.1 Å². The molecule has 1 atom stereocenters. The molecule has 0 bridgehead atoms. The summed E-state index contributed by atoms with van der Waals surface area (Å²) in [5, 5.41) is 3.64. The number of halogens is 1. The highest BCUT2D eigenvalue weighted by Crippen LogP contribution is 2.24. The first kappa shape index (κ1) is 17.0. The van der Waals surface area contributed by atoms with Crippen LogP contribution >= 0.6 is 15.9 Å². The second kappa shape index (κ2) is 8.92. The van der Waals surface area contributed by atoms with Crippen molar-refractivity contribution in [1.82, 2.24) is 10.2 Å². The Bertz CT molecular complexity index is 413. The zero-order chi connectivity index (χ0) is 15.1. The van der Waals surface area contributed by atoms with Gasteiger partial charge in [-0.1, -0.05) is 48.3 Å². The molecule has 1 heterocycles. The molecule has 1 saturated heterocycles. The number of likely N-dealkylation sites (tertiary alicyclic amines) is 1. The van der Waals surface area contributed by atoms with Crippen LogP contribution in [0, 0.1) is 5.92 Å². The molecule has 0 aliphatic carbocycles. The second-order valence-corrected chi connectivity index (χ2v) is 7.06. The minimum Gasteiger partial charge on any atom is -0.310 e. The first-order valence-electron chi connectivity index (χ1n) is 8.44. The third-order valence-electron chi connectivity index (χ3n) is 4.72. The van der Waals surface area contributed by atoms with Crippen LogP contribution in [0.25, 0.3) is 0 Å². The number of benzene rings is 1. The SMILES string of the molecule is CCNC(CCN1CCC(CC)CC1)c1cccc(Br)c1. The smallest absolute Gasteiger partial charge is 0.0332 e. The predicted molar refractivity (Wildman–Crippen MR) is 94.6 cm³/mol.